The summed E-state index contributed by atoms with van der Waals surface area (Å²) in [5, 5.41) is 27.0. The molecule has 1 aromatic heterocycles. The summed E-state index contributed by atoms with van der Waals surface area (Å²) in [6.45, 7) is 12.5. The Morgan fingerprint density at radius 3 is 2.67 bits per heavy atom. The molecule has 0 saturated heterocycles. The van der Waals surface area contributed by atoms with E-state index in [9.17, 15) is 19.8 Å². The highest BCUT2D eigenvalue weighted by molar-refractivity contribution is 7.09. The van der Waals surface area contributed by atoms with Crippen molar-refractivity contribution in [1.29, 1.82) is 0 Å². The van der Waals surface area contributed by atoms with Crippen LogP contribution in [0.5, 0.6) is 0 Å². The molecule has 9 heteroatoms. The molecule has 5 atom stereocenters. The van der Waals surface area contributed by atoms with Crippen LogP contribution in [-0.4, -0.2) is 57.8 Å². The van der Waals surface area contributed by atoms with Crippen molar-refractivity contribution in [1.82, 2.24) is 10.3 Å². The fraction of sp³-hybridized carbons (Fsp3) is 0.593. The van der Waals surface area contributed by atoms with E-state index in [2.05, 4.69) is 16.9 Å². The van der Waals surface area contributed by atoms with Crippen molar-refractivity contribution in [3.8, 4) is 0 Å². The van der Waals surface area contributed by atoms with E-state index >= 15 is 4.39 Å². The number of carbonyl (C=O) groups is 2. The molecule has 36 heavy (non-hydrogen) atoms. The number of amides is 1. The fourth-order valence-electron chi connectivity index (χ4n) is 4.09. The lowest BCUT2D eigenvalue weighted by Gasteiger charge is -2.35. The van der Waals surface area contributed by atoms with Gasteiger partial charge in [0.05, 0.1) is 59.4 Å². The summed E-state index contributed by atoms with van der Waals surface area (Å²) >= 11 is 1.40. The molecule has 0 fully saturated rings. The van der Waals surface area contributed by atoms with Crippen LogP contribution in [0.2, 0.25) is 0 Å². The van der Waals surface area contributed by atoms with Crippen molar-refractivity contribution in [3.05, 3.63) is 46.2 Å². The van der Waals surface area contributed by atoms with Gasteiger partial charge in [-0.3, -0.25) is 9.59 Å². The number of aliphatic hydroxyl groups excluding tert-OH is 2. The quantitative estimate of drug-likeness (QED) is 0.509. The number of aliphatic hydroxyl groups is 2. The lowest BCUT2D eigenvalue weighted by atomic mass is 9.72. The van der Waals surface area contributed by atoms with Crippen LogP contribution >= 0.6 is 11.3 Å². The summed E-state index contributed by atoms with van der Waals surface area (Å²) in [6.07, 6.45) is 2.13. The van der Waals surface area contributed by atoms with Gasteiger partial charge in [0, 0.05) is 5.38 Å². The van der Waals surface area contributed by atoms with Gasteiger partial charge in [-0.15, -0.1) is 17.9 Å². The maximum absolute atomic E-state index is 15.2. The van der Waals surface area contributed by atoms with Gasteiger partial charge < -0.3 is 20.3 Å². The Balaban J connectivity index is 2.37. The Kier molecular flexibility index (Phi) is 11.2. The monoisotopic (exact) mass is 522 g/mol. The number of carbonyl (C=O) groups excluding carboxylic acids is 2. The van der Waals surface area contributed by atoms with Gasteiger partial charge in [0.25, 0.3) is 0 Å². The smallest absolute Gasteiger partial charge is 0.223 e. The van der Waals surface area contributed by atoms with Crippen LogP contribution in [0.25, 0.3) is 6.08 Å². The third kappa shape index (κ3) is 8.16. The summed E-state index contributed by atoms with van der Waals surface area (Å²) in [6, 6.07) is -0.955. The Labute approximate surface area is 217 Å². The van der Waals surface area contributed by atoms with Crippen molar-refractivity contribution in [2.75, 3.05) is 6.61 Å². The second kappa shape index (κ2) is 13.4. The minimum absolute atomic E-state index is 0.195. The molecule has 1 aromatic rings. The Morgan fingerprint density at radius 2 is 2.06 bits per heavy atom. The van der Waals surface area contributed by atoms with Crippen molar-refractivity contribution < 1.29 is 28.9 Å². The number of aryl methyl sites for hydroxylation is 1. The first-order valence-electron chi connectivity index (χ1n) is 12.2. The maximum atomic E-state index is 15.2. The van der Waals surface area contributed by atoms with E-state index in [4.69, 9.17) is 4.74 Å². The summed E-state index contributed by atoms with van der Waals surface area (Å²) in [5.41, 5.74) is 0.0552. The minimum Gasteiger partial charge on any atom is -0.392 e. The summed E-state index contributed by atoms with van der Waals surface area (Å²) in [5.74, 6) is -2.38. The van der Waals surface area contributed by atoms with Gasteiger partial charge in [-0.1, -0.05) is 31.6 Å². The van der Waals surface area contributed by atoms with Crippen LogP contribution in [-0.2, 0) is 14.3 Å². The lowest BCUT2D eigenvalue weighted by Crippen LogP contribution is -2.49. The highest BCUT2D eigenvalue weighted by Gasteiger charge is 2.43. The standard InChI is InChI=1S/C27H39FN2O5S/c1-7-8-20-25(33)17(3)35-12-11-16(2)9-10-22(21(28)13-19-15-36-18(4)29-19)30-24(32)14-23(31)27(5,6)26(20)34/h7,9,13,15,17,20,22-23,25,31,33H,1,8,10-12,14H2,2-6H3,(H,30,32)/b16-9-,21-13-/t17-,20-,22+,23+,25-/m1/s1. The Morgan fingerprint density at radius 1 is 1.36 bits per heavy atom. The van der Waals surface area contributed by atoms with Crippen molar-refractivity contribution >= 4 is 29.1 Å². The largest absolute Gasteiger partial charge is 0.392 e. The second-order valence-corrected chi connectivity index (χ2v) is 11.0. The molecular weight excluding hydrogens is 483 g/mol. The Bertz CT molecular complexity index is 987. The number of allylic oxidation sites excluding steroid dienone is 1. The van der Waals surface area contributed by atoms with Crippen LogP contribution in [0, 0.1) is 18.3 Å². The van der Waals surface area contributed by atoms with Gasteiger partial charge >= 0.3 is 0 Å². The van der Waals surface area contributed by atoms with Crippen LogP contribution in [0.4, 0.5) is 4.39 Å². The number of nitrogens with one attached hydrogen (secondary N) is 1. The van der Waals surface area contributed by atoms with Crippen LogP contribution in [0.15, 0.2) is 35.5 Å². The van der Waals surface area contributed by atoms with Crippen molar-refractivity contribution in [2.24, 2.45) is 11.3 Å². The number of ether oxygens (including phenoxy) is 1. The van der Waals surface area contributed by atoms with Gasteiger partial charge in [-0.25, -0.2) is 9.37 Å². The van der Waals surface area contributed by atoms with E-state index in [1.165, 1.54) is 17.4 Å². The number of hydrogen-bond acceptors (Lipinski definition) is 7. The zero-order valence-corrected chi connectivity index (χ0v) is 22.6. The number of rotatable bonds is 4. The fourth-order valence-corrected chi connectivity index (χ4v) is 4.66. The van der Waals surface area contributed by atoms with Crippen LogP contribution in [0.1, 0.15) is 64.1 Å². The first-order valence-corrected chi connectivity index (χ1v) is 13.1. The van der Waals surface area contributed by atoms with Gasteiger partial charge in [0.15, 0.2) is 0 Å². The Hall–Kier alpha value is -2.20. The first kappa shape index (κ1) is 30.0. The van der Waals surface area contributed by atoms with E-state index < -0.39 is 59.6 Å². The summed E-state index contributed by atoms with van der Waals surface area (Å²) in [7, 11) is 0. The molecule has 0 radical (unpaired) electrons. The molecule has 2 heterocycles. The molecule has 0 bridgehead atoms. The number of ketones is 1. The summed E-state index contributed by atoms with van der Waals surface area (Å²) in [4.78, 5) is 30.5. The number of halogens is 1. The van der Waals surface area contributed by atoms with Crippen molar-refractivity contribution in [3.63, 3.8) is 0 Å². The molecule has 0 aliphatic carbocycles. The average molecular weight is 523 g/mol. The maximum Gasteiger partial charge on any atom is 0.223 e. The highest BCUT2D eigenvalue weighted by atomic mass is 32.1. The van der Waals surface area contributed by atoms with Gasteiger partial charge in [0.1, 0.15) is 11.6 Å². The molecule has 0 spiro atoms. The predicted molar refractivity (Wildman–Crippen MR) is 140 cm³/mol. The molecular formula is C27H39FN2O5S. The molecule has 1 aliphatic rings. The topological polar surface area (TPSA) is 109 Å². The number of hydrogen-bond donors (Lipinski definition) is 3. The van der Waals surface area contributed by atoms with E-state index in [1.807, 2.05) is 19.9 Å². The van der Waals surface area contributed by atoms with Gasteiger partial charge in [0.2, 0.25) is 5.91 Å². The van der Waals surface area contributed by atoms with E-state index in [0.717, 1.165) is 10.6 Å². The third-order valence-corrected chi connectivity index (χ3v) is 7.46. The third-order valence-electron chi connectivity index (χ3n) is 6.67. The van der Waals surface area contributed by atoms with Crippen molar-refractivity contribution in [2.45, 2.75) is 84.7 Å². The highest BCUT2D eigenvalue weighted by Crippen LogP contribution is 2.32. The second-order valence-electron chi connectivity index (χ2n) is 9.98. The normalized spacial score (nSPS) is 30.8. The number of thiazole rings is 1. The van der Waals surface area contributed by atoms with E-state index in [0.29, 0.717) is 18.7 Å². The minimum atomic E-state index is -1.35. The molecule has 0 saturated carbocycles. The lowest BCUT2D eigenvalue weighted by molar-refractivity contribution is -0.146. The number of Topliss-reactive ketones (excluding diaryl/α,β-unsaturated/α-hetero) is 1. The van der Waals surface area contributed by atoms with Crippen LogP contribution < -0.4 is 5.32 Å². The molecule has 200 valence electrons. The first-order chi connectivity index (χ1) is 16.9. The zero-order valence-electron chi connectivity index (χ0n) is 21.8. The SMILES string of the molecule is C=CC[C@H]1C(=O)C(C)(C)[C@@H](O)CC(=O)N[C@H](/C(F)=C/c2csc(C)n2)C/C=C(/C)CCO[C@H](C)[C@H]1O. The molecule has 0 unspecified atom stereocenters. The van der Waals surface area contributed by atoms with Crippen LogP contribution in [0.3, 0.4) is 0 Å². The molecule has 1 aliphatic heterocycles. The predicted octanol–water partition coefficient (Wildman–Crippen LogP) is 4.29. The van der Waals surface area contributed by atoms with E-state index in [-0.39, 0.29) is 12.8 Å². The molecule has 3 N–H and O–H groups in total. The summed E-state index contributed by atoms with van der Waals surface area (Å²) < 4.78 is 21.0. The van der Waals surface area contributed by atoms with Gasteiger partial charge in [-0.2, -0.15) is 0 Å². The zero-order chi connectivity index (χ0) is 27.0. The molecule has 7 nitrogen and oxygen atoms in total. The molecule has 0 aromatic carbocycles. The molecule has 2 rings (SSSR count). The van der Waals surface area contributed by atoms with Gasteiger partial charge in [-0.05, 0) is 46.1 Å². The molecule has 1 amide bonds. The number of nitrogens with zero attached hydrogens (tertiary/aromatic N) is 1. The number of aromatic nitrogens is 1. The average Bonchev–Trinajstić information content (AvgIpc) is 3.22. The van der Waals surface area contributed by atoms with E-state index in [1.54, 1.807) is 32.2 Å².